The van der Waals surface area contributed by atoms with Crippen LogP contribution in [0.3, 0.4) is 0 Å². The molecule has 2 heteroatoms. The average Bonchev–Trinajstić information content (AvgIpc) is 2.83. The summed E-state index contributed by atoms with van der Waals surface area (Å²) in [7, 11) is 0. The van der Waals surface area contributed by atoms with Crippen LogP contribution in [-0.2, 0) is 0 Å². The lowest BCUT2D eigenvalue weighted by Gasteiger charge is -2.21. The van der Waals surface area contributed by atoms with E-state index in [1.807, 2.05) is 13.0 Å². The van der Waals surface area contributed by atoms with Crippen molar-refractivity contribution in [2.45, 2.75) is 26.2 Å². The van der Waals surface area contributed by atoms with Gasteiger partial charge in [-0.15, -0.1) is 0 Å². The lowest BCUT2D eigenvalue weighted by atomic mass is 9.86. The molecule has 1 heterocycles. The predicted octanol–water partition coefficient (Wildman–Crippen LogP) is 2.80. The van der Waals surface area contributed by atoms with Crippen LogP contribution in [0.1, 0.15) is 31.7 Å². The molecular formula is C14H21NO. The minimum atomic E-state index is 0.581. The largest absolute Gasteiger partial charge is 0.494 e. The summed E-state index contributed by atoms with van der Waals surface area (Å²) in [5.74, 6) is 2.39. The lowest BCUT2D eigenvalue weighted by Crippen LogP contribution is -2.15. The lowest BCUT2D eigenvalue weighted by molar-refractivity contribution is 0.330. The van der Waals surface area contributed by atoms with Crippen LogP contribution in [0.2, 0.25) is 0 Å². The Bertz CT molecular complexity index is 331. The minimum Gasteiger partial charge on any atom is -0.494 e. The third-order valence-corrected chi connectivity index (χ3v) is 3.51. The summed E-state index contributed by atoms with van der Waals surface area (Å²) in [4.78, 5) is 0. The van der Waals surface area contributed by atoms with Gasteiger partial charge in [0.05, 0.1) is 6.61 Å². The number of hydrogen-bond acceptors (Lipinski definition) is 2. The Hall–Kier alpha value is -1.02. The van der Waals surface area contributed by atoms with Gasteiger partial charge in [-0.25, -0.2) is 0 Å². The van der Waals surface area contributed by atoms with Crippen LogP contribution < -0.4 is 10.1 Å². The van der Waals surface area contributed by atoms with Crippen molar-refractivity contribution in [1.29, 1.82) is 0 Å². The molecule has 2 nitrogen and oxygen atoms in total. The summed E-state index contributed by atoms with van der Waals surface area (Å²) < 4.78 is 5.70. The van der Waals surface area contributed by atoms with Crippen molar-refractivity contribution >= 4 is 0 Å². The molecule has 1 N–H and O–H groups in total. The number of ether oxygens (including phenoxy) is 1. The van der Waals surface area contributed by atoms with Crippen molar-refractivity contribution in [2.75, 3.05) is 19.7 Å². The molecule has 1 aromatic rings. The van der Waals surface area contributed by atoms with Crippen molar-refractivity contribution in [2.24, 2.45) is 5.92 Å². The van der Waals surface area contributed by atoms with Crippen LogP contribution in [0.4, 0.5) is 0 Å². The summed E-state index contributed by atoms with van der Waals surface area (Å²) >= 11 is 0. The van der Waals surface area contributed by atoms with Gasteiger partial charge in [0.25, 0.3) is 0 Å². The van der Waals surface area contributed by atoms with Gasteiger partial charge in [0, 0.05) is 0 Å². The molecule has 0 radical (unpaired) electrons. The van der Waals surface area contributed by atoms with Crippen LogP contribution in [0.25, 0.3) is 0 Å². The third-order valence-electron chi connectivity index (χ3n) is 3.51. The maximum Gasteiger partial charge on any atom is 0.122 e. The van der Waals surface area contributed by atoms with E-state index in [4.69, 9.17) is 4.74 Å². The van der Waals surface area contributed by atoms with Crippen molar-refractivity contribution in [3.63, 3.8) is 0 Å². The molecular weight excluding hydrogens is 198 g/mol. The fourth-order valence-electron chi connectivity index (χ4n) is 2.50. The second kappa shape index (κ2) is 5.35. The topological polar surface area (TPSA) is 21.3 Å². The summed E-state index contributed by atoms with van der Waals surface area (Å²) in [5, 5.41) is 3.43. The van der Waals surface area contributed by atoms with Gasteiger partial charge >= 0.3 is 0 Å². The first-order valence-electron chi connectivity index (χ1n) is 6.25. The molecule has 1 saturated heterocycles. The average molecular weight is 219 g/mol. The second-order valence-corrected chi connectivity index (χ2v) is 4.51. The van der Waals surface area contributed by atoms with E-state index in [2.05, 4.69) is 30.4 Å². The van der Waals surface area contributed by atoms with E-state index in [0.717, 1.165) is 31.4 Å². The molecule has 0 spiro atoms. The molecule has 1 aromatic carbocycles. The third kappa shape index (κ3) is 2.38. The highest BCUT2D eigenvalue weighted by atomic mass is 16.5. The Morgan fingerprint density at radius 2 is 2.25 bits per heavy atom. The Labute approximate surface area is 98.0 Å². The molecule has 1 fully saturated rings. The molecule has 2 atom stereocenters. The van der Waals surface area contributed by atoms with Gasteiger partial charge in [-0.05, 0) is 49.9 Å². The van der Waals surface area contributed by atoms with Crippen molar-refractivity contribution < 1.29 is 4.74 Å². The minimum absolute atomic E-state index is 0.581. The van der Waals surface area contributed by atoms with Gasteiger partial charge in [-0.3, -0.25) is 0 Å². The number of benzene rings is 1. The summed E-state index contributed by atoms with van der Waals surface area (Å²) in [6, 6.07) is 8.44. The Kier molecular flexibility index (Phi) is 3.83. The highest BCUT2D eigenvalue weighted by Crippen LogP contribution is 2.34. The molecule has 88 valence electrons. The van der Waals surface area contributed by atoms with Crippen molar-refractivity contribution in [1.82, 2.24) is 5.32 Å². The van der Waals surface area contributed by atoms with Crippen LogP contribution in [0.5, 0.6) is 5.75 Å². The Morgan fingerprint density at radius 1 is 1.44 bits per heavy atom. The fraction of sp³-hybridized carbons (Fsp3) is 0.571. The summed E-state index contributed by atoms with van der Waals surface area (Å²) in [6.07, 6.45) is 1.28. The van der Waals surface area contributed by atoms with E-state index >= 15 is 0 Å². The van der Waals surface area contributed by atoms with Gasteiger partial charge in [0.1, 0.15) is 5.75 Å². The molecule has 1 aliphatic heterocycles. The van der Waals surface area contributed by atoms with Gasteiger partial charge < -0.3 is 10.1 Å². The van der Waals surface area contributed by atoms with E-state index in [1.165, 1.54) is 12.0 Å². The van der Waals surface area contributed by atoms with E-state index in [9.17, 15) is 0 Å². The first-order chi connectivity index (χ1) is 7.83. The summed E-state index contributed by atoms with van der Waals surface area (Å²) in [6.45, 7) is 7.40. The van der Waals surface area contributed by atoms with Gasteiger partial charge in [-0.2, -0.15) is 0 Å². The highest BCUT2D eigenvalue weighted by molar-refractivity contribution is 5.36. The Balaban J connectivity index is 2.17. The van der Waals surface area contributed by atoms with Crippen LogP contribution in [0, 0.1) is 5.92 Å². The summed E-state index contributed by atoms with van der Waals surface area (Å²) in [5.41, 5.74) is 1.36. The zero-order valence-corrected chi connectivity index (χ0v) is 10.2. The van der Waals surface area contributed by atoms with Crippen LogP contribution >= 0.6 is 0 Å². The zero-order valence-electron chi connectivity index (χ0n) is 10.2. The zero-order chi connectivity index (χ0) is 11.4. The standard InChI is InChI=1S/C14H21NO/c1-3-16-14-7-5-4-6-13(14)11(2)12-8-9-15-10-12/h4-7,11-12,15H,3,8-10H2,1-2H3. The van der Waals surface area contributed by atoms with E-state index in [1.54, 1.807) is 0 Å². The molecule has 0 amide bonds. The second-order valence-electron chi connectivity index (χ2n) is 4.51. The first kappa shape index (κ1) is 11.5. The molecule has 16 heavy (non-hydrogen) atoms. The highest BCUT2D eigenvalue weighted by Gasteiger charge is 2.24. The number of nitrogens with one attached hydrogen (secondary N) is 1. The molecule has 0 aliphatic carbocycles. The fourth-order valence-corrected chi connectivity index (χ4v) is 2.50. The predicted molar refractivity (Wildman–Crippen MR) is 67.0 cm³/mol. The quantitative estimate of drug-likeness (QED) is 0.840. The maximum absolute atomic E-state index is 5.70. The molecule has 0 aromatic heterocycles. The normalized spacial score (nSPS) is 22.0. The molecule has 0 bridgehead atoms. The van der Waals surface area contributed by atoms with Crippen LogP contribution in [-0.4, -0.2) is 19.7 Å². The smallest absolute Gasteiger partial charge is 0.122 e. The van der Waals surface area contributed by atoms with E-state index < -0.39 is 0 Å². The van der Waals surface area contributed by atoms with E-state index in [0.29, 0.717) is 5.92 Å². The number of hydrogen-bond donors (Lipinski definition) is 1. The monoisotopic (exact) mass is 219 g/mol. The molecule has 2 unspecified atom stereocenters. The van der Waals surface area contributed by atoms with Gasteiger partial charge in [0.2, 0.25) is 0 Å². The number of rotatable bonds is 4. The first-order valence-corrected chi connectivity index (χ1v) is 6.25. The molecule has 2 rings (SSSR count). The Morgan fingerprint density at radius 3 is 2.94 bits per heavy atom. The molecule has 0 saturated carbocycles. The maximum atomic E-state index is 5.70. The van der Waals surface area contributed by atoms with Gasteiger partial charge in [-0.1, -0.05) is 25.1 Å². The molecule has 1 aliphatic rings. The van der Waals surface area contributed by atoms with Gasteiger partial charge in [0.15, 0.2) is 0 Å². The van der Waals surface area contributed by atoms with E-state index in [-0.39, 0.29) is 0 Å². The van der Waals surface area contributed by atoms with Crippen molar-refractivity contribution in [3.05, 3.63) is 29.8 Å². The number of para-hydroxylation sites is 1. The SMILES string of the molecule is CCOc1ccccc1C(C)C1CCNC1. The van der Waals surface area contributed by atoms with Crippen molar-refractivity contribution in [3.8, 4) is 5.75 Å². The van der Waals surface area contributed by atoms with Crippen LogP contribution in [0.15, 0.2) is 24.3 Å².